The number of aromatic nitrogens is 2. The molecule has 0 spiro atoms. The number of nitrogens with zero attached hydrogens (tertiary/aromatic N) is 2. The molecule has 1 aromatic heterocycles. The molecule has 0 atom stereocenters. The first kappa shape index (κ1) is 10.7. The van der Waals surface area contributed by atoms with E-state index < -0.39 is 0 Å². The van der Waals surface area contributed by atoms with E-state index in [1.165, 1.54) is 0 Å². The highest BCUT2D eigenvalue weighted by Gasteiger charge is 2.09. The second-order valence-electron chi connectivity index (χ2n) is 2.92. The molecular weight excluding hydrogens is 182 g/mol. The van der Waals surface area contributed by atoms with Gasteiger partial charge in [-0.25, -0.2) is 4.98 Å². The normalized spacial score (nSPS) is 10.1. The zero-order valence-electron chi connectivity index (χ0n) is 8.49. The molecule has 1 rings (SSSR count). The summed E-state index contributed by atoms with van der Waals surface area (Å²) in [6, 6.07) is 0. The maximum Gasteiger partial charge on any atom is 0.248 e. The quantitative estimate of drug-likeness (QED) is 0.743. The maximum absolute atomic E-state index is 11.4. The lowest BCUT2D eigenvalue weighted by atomic mass is 10.5. The number of aromatic amines is 1. The van der Waals surface area contributed by atoms with E-state index in [0.29, 0.717) is 13.2 Å². The topological polar surface area (TPSA) is 58.2 Å². The molecule has 0 saturated carbocycles. The van der Waals surface area contributed by atoms with Gasteiger partial charge in [-0.1, -0.05) is 0 Å². The number of nitrogens with one attached hydrogen (secondary N) is 1. The molecule has 14 heavy (non-hydrogen) atoms. The summed E-state index contributed by atoms with van der Waals surface area (Å²) < 4.78 is 5.01. The van der Waals surface area contributed by atoms with Crippen molar-refractivity contribution in [1.29, 1.82) is 0 Å². The summed E-state index contributed by atoms with van der Waals surface area (Å²) in [5.41, 5.74) is 0. The summed E-state index contributed by atoms with van der Waals surface area (Å²) in [6.07, 6.45) is 3.40. The van der Waals surface area contributed by atoms with Crippen LogP contribution in [-0.4, -0.2) is 41.0 Å². The number of H-pyrrole nitrogens is 1. The van der Waals surface area contributed by atoms with Crippen LogP contribution in [0.2, 0.25) is 0 Å². The molecule has 0 aromatic carbocycles. The lowest BCUT2D eigenvalue weighted by Gasteiger charge is -2.15. The number of imidazole rings is 1. The first-order valence-electron chi connectivity index (χ1n) is 4.54. The van der Waals surface area contributed by atoms with E-state index in [0.717, 1.165) is 5.82 Å². The first-order chi connectivity index (χ1) is 6.74. The molecule has 0 aliphatic carbocycles. The van der Waals surface area contributed by atoms with Crippen LogP contribution in [0.1, 0.15) is 12.7 Å². The summed E-state index contributed by atoms with van der Waals surface area (Å²) in [4.78, 5) is 19.9. The van der Waals surface area contributed by atoms with E-state index in [9.17, 15) is 4.79 Å². The average Bonchev–Trinajstić information content (AvgIpc) is 2.66. The standard InChI is InChI=1S/C9H15N3O2/c1-3-14-7-9(13)12(2)6-8-10-4-5-11-8/h4-5H,3,6-7H2,1-2H3,(H,10,11). The number of likely N-dealkylation sites (N-methyl/N-ethyl adjacent to an activating group) is 1. The molecule has 1 amide bonds. The van der Waals surface area contributed by atoms with E-state index in [2.05, 4.69) is 9.97 Å². The van der Waals surface area contributed by atoms with Gasteiger partial charge in [-0.05, 0) is 6.92 Å². The number of carbonyl (C=O) groups excluding carboxylic acids is 1. The van der Waals surface area contributed by atoms with Crippen LogP contribution in [0.4, 0.5) is 0 Å². The van der Waals surface area contributed by atoms with Crippen LogP contribution in [0, 0.1) is 0 Å². The summed E-state index contributed by atoms with van der Waals surface area (Å²) >= 11 is 0. The van der Waals surface area contributed by atoms with Gasteiger partial charge >= 0.3 is 0 Å². The minimum absolute atomic E-state index is 0.0387. The van der Waals surface area contributed by atoms with Crippen molar-refractivity contribution in [2.75, 3.05) is 20.3 Å². The molecule has 0 aliphatic heterocycles. The summed E-state index contributed by atoms with van der Waals surface area (Å²) in [5.74, 6) is 0.737. The van der Waals surface area contributed by atoms with Crippen molar-refractivity contribution in [3.05, 3.63) is 18.2 Å². The van der Waals surface area contributed by atoms with Gasteiger partial charge < -0.3 is 14.6 Å². The minimum atomic E-state index is -0.0387. The number of rotatable bonds is 5. The highest BCUT2D eigenvalue weighted by Crippen LogP contribution is 1.96. The second kappa shape index (κ2) is 5.39. The van der Waals surface area contributed by atoms with Crippen molar-refractivity contribution < 1.29 is 9.53 Å². The Morgan fingerprint density at radius 2 is 2.50 bits per heavy atom. The Morgan fingerprint density at radius 1 is 1.71 bits per heavy atom. The van der Waals surface area contributed by atoms with Crippen molar-refractivity contribution in [3.63, 3.8) is 0 Å². The molecule has 5 heteroatoms. The lowest BCUT2D eigenvalue weighted by molar-refractivity contribution is -0.135. The maximum atomic E-state index is 11.4. The molecule has 0 aliphatic rings. The number of amides is 1. The predicted molar refractivity (Wildman–Crippen MR) is 51.6 cm³/mol. The Kier molecular flexibility index (Phi) is 4.12. The third-order valence-corrected chi connectivity index (χ3v) is 1.80. The van der Waals surface area contributed by atoms with Crippen LogP contribution >= 0.6 is 0 Å². The van der Waals surface area contributed by atoms with Crippen molar-refractivity contribution in [1.82, 2.24) is 14.9 Å². The lowest BCUT2D eigenvalue weighted by Crippen LogP contribution is -2.30. The highest BCUT2D eigenvalue weighted by atomic mass is 16.5. The van der Waals surface area contributed by atoms with Crippen molar-refractivity contribution in [3.8, 4) is 0 Å². The van der Waals surface area contributed by atoms with Crippen LogP contribution in [0.25, 0.3) is 0 Å². The van der Waals surface area contributed by atoms with E-state index in [1.807, 2.05) is 6.92 Å². The van der Waals surface area contributed by atoms with Gasteiger partial charge in [0.2, 0.25) is 5.91 Å². The first-order valence-corrected chi connectivity index (χ1v) is 4.54. The molecule has 1 heterocycles. The molecule has 0 unspecified atom stereocenters. The summed E-state index contributed by atoms with van der Waals surface area (Å²) in [5, 5.41) is 0. The molecule has 5 nitrogen and oxygen atoms in total. The van der Waals surface area contributed by atoms with Crippen molar-refractivity contribution in [2.45, 2.75) is 13.5 Å². The number of hydrogen-bond acceptors (Lipinski definition) is 3. The molecule has 1 aromatic rings. The Morgan fingerprint density at radius 3 is 3.07 bits per heavy atom. The minimum Gasteiger partial charge on any atom is -0.372 e. The van der Waals surface area contributed by atoms with Crippen molar-refractivity contribution in [2.24, 2.45) is 0 Å². The number of ether oxygens (including phenoxy) is 1. The van der Waals surface area contributed by atoms with Gasteiger partial charge in [-0.15, -0.1) is 0 Å². The SMILES string of the molecule is CCOCC(=O)N(C)Cc1ncc[nH]1. The van der Waals surface area contributed by atoms with Gasteiger partial charge in [0.15, 0.2) is 0 Å². The fourth-order valence-corrected chi connectivity index (χ4v) is 0.997. The second-order valence-corrected chi connectivity index (χ2v) is 2.92. The molecule has 0 saturated heterocycles. The van der Waals surface area contributed by atoms with Crippen LogP contribution in [0.15, 0.2) is 12.4 Å². The van der Waals surface area contributed by atoms with Crippen LogP contribution in [0.5, 0.6) is 0 Å². The number of hydrogen-bond donors (Lipinski definition) is 1. The van der Waals surface area contributed by atoms with Crippen LogP contribution in [-0.2, 0) is 16.1 Å². The molecule has 0 fully saturated rings. The molecular formula is C9H15N3O2. The fraction of sp³-hybridized carbons (Fsp3) is 0.556. The van der Waals surface area contributed by atoms with E-state index in [1.54, 1.807) is 24.3 Å². The van der Waals surface area contributed by atoms with E-state index in [4.69, 9.17) is 4.74 Å². The van der Waals surface area contributed by atoms with Gasteiger partial charge in [0.1, 0.15) is 12.4 Å². The largest absolute Gasteiger partial charge is 0.372 e. The van der Waals surface area contributed by atoms with Crippen LogP contribution < -0.4 is 0 Å². The third kappa shape index (κ3) is 3.18. The Hall–Kier alpha value is -1.36. The predicted octanol–water partition coefficient (Wildman–Crippen LogP) is 0.405. The van der Waals surface area contributed by atoms with E-state index in [-0.39, 0.29) is 12.5 Å². The zero-order chi connectivity index (χ0) is 10.4. The Bertz CT molecular complexity index is 272. The Balaban J connectivity index is 2.34. The Labute approximate surface area is 83.1 Å². The number of carbonyl (C=O) groups is 1. The fourth-order valence-electron chi connectivity index (χ4n) is 0.997. The highest BCUT2D eigenvalue weighted by molar-refractivity contribution is 5.77. The summed E-state index contributed by atoms with van der Waals surface area (Å²) in [7, 11) is 1.73. The van der Waals surface area contributed by atoms with Gasteiger partial charge in [0.25, 0.3) is 0 Å². The monoisotopic (exact) mass is 197 g/mol. The molecule has 1 N–H and O–H groups in total. The van der Waals surface area contributed by atoms with Gasteiger partial charge in [-0.3, -0.25) is 4.79 Å². The third-order valence-electron chi connectivity index (χ3n) is 1.80. The van der Waals surface area contributed by atoms with Crippen molar-refractivity contribution >= 4 is 5.91 Å². The van der Waals surface area contributed by atoms with Gasteiger partial charge in [-0.2, -0.15) is 0 Å². The van der Waals surface area contributed by atoms with Gasteiger partial charge in [0.05, 0.1) is 6.54 Å². The van der Waals surface area contributed by atoms with Crippen LogP contribution in [0.3, 0.4) is 0 Å². The van der Waals surface area contributed by atoms with Gasteiger partial charge in [0, 0.05) is 26.0 Å². The zero-order valence-corrected chi connectivity index (χ0v) is 8.49. The average molecular weight is 197 g/mol. The molecule has 78 valence electrons. The van der Waals surface area contributed by atoms with E-state index >= 15 is 0 Å². The summed E-state index contributed by atoms with van der Waals surface area (Å²) in [6.45, 7) is 3.03. The smallest absolute Gasteiger partial charge is 0.248 e. The molecule has 0 radical (unpaired) electrons. The molecule has 0 bridgehead atoms.